The van der Waals surface area contributed by atoms with Crippen molar-refractivity contribution in [3.63, 3.8) is 0 Å². The van der Waals surface area contributed by atoms with Crippen LogP contribution in [0.5, 0.6) is 11.5 Å². The van der Waals surface area contributed by atoms with Crippen molar-refractivity contribution in [2.75, 3.05) is 24.7 Å². The molecular formula is C29H32N2O4. The van der Waals surface area contributed by atoms with Crippen LogP contribution in [-0.4, -0.2) is 31.6 Å². The lowest BCUT2D eigenvalue weighted by atomic mass is 9.99. The van der Waals surface area contributed by atoms with Gasteiger partial charge in [-0.2, -0.15) is 0 Å². The molecule has 3 aromatic carbocycles. The van der Waals surface area contributed by atoms with Crippen LogP contribution < -0.4 is 19.7 Å². The molecule has 0 aromatic heterocycles. The van der Waals surface area contributed by atoms with Crippen LogP contribution in [0.25, 0.3) is 0 Å². The van der Waals surface area contributed by atoms with E-state index in [2.05, 4.69) is 11.4 Å². The van der Waals surface area contributed by atoms with Crippen molar-refractivity contribution in [1.29, 1.82) is 0 Å². The average Bonchev–Trinajstić information content (AvgIpc) is 2.89. The van der Waals surface area contributed by atoms with Crippen molar-refractivity contribution in [2.24, 2.45) is 0 Å². The number of carbonyl (C=O) groups is 2. The van der Waals surface area contributed by atoms with Crippen molar-refractivity contribution >= 4 is 17.5 Å². The Morgan fingerprint density at radius 3 is 2.40 bits per heavy atom. The highest BCUT2D eigenvalue weighted by molar-refractivity contribution is 6.00. The molecule has 0 radical (unpaired) electrons. The van der Waals surface area contributed by atoms with Crippen LogP contribution in [-0.2, 0) is 22.4 Å². The largest absolute Gasteiger partial charge is 0.490 e. The first kappa shape index (κ1) is 24.3. The molecule has 0 bridgehead atoms. The topological polar surface area (TPSA) is 67.9 Å². The maximum Gasteiger partial charge on any atom is 0.254 e. The predicted octanol–water partition coefficient (Wildman–Crippen LogP) is 4.86. The minimum Gasteiger partial charge on any atom is -0.490 e. The van der Waals surface area contributed by atoms with E-state index in [-0.39, 0.29) is 18.2 Å². The number of anilines is 1. The fourth-order valence-corrected chi connectivity index (χ4v) is 4.45. The fourth-order valence-electron chi connectivity index (χ4n) is 4.45. The van der Waals surface area contributed by atoms with Gasteiger partial charge in [-0.05, 0) is 61.6 Å². The van der Waals surface area contributed by atoms with E-state index in [1.807, 2.05) is 80.6 Å². The van der Waals surface area contributed by atoms with Crippen LogP contribution in [0.1, 0.15) is 43.0 Å². The van der Waals surface area contributed by atoms with Gasteiger partial charge >= 0.3 is 0 Å². The van der Waals surface area contributed by atoms with Gasteiger partial charge in [0.1, 0.15) is 6.04 Å². The molecular weight excluding hydrogens is 440 g/mol. The lowest BCUT2D eigenvalue weighted by molar-refractivity contribution is -0.127. The summed E-state index contributed by atoms with van der Waals surface area (Å²) in [5, 5.41) is 3.00. The Morgan fingerprint density at radius 2 is 1.63 bits per heavy atom. The Bertz CT molecular complexity index is 1160. The summed E-state index contributed by atoms with van der Waals surface area (Å²) in [6.45, 7) is 5.48. The van der Waals surface area contributed by atoms with Gasteiger partial charge < -0.3 is 19.7 Å². The Kier molecular flexibility index (Phi) is 8.03. The van der Waals surface area contributed by atoms with E-state index in [0.29, 0.717) is 31.3 Å². The maximum absolute atomic E-state index is 13.8. The number of aryl methyl sites for hydroxylation is 1. The molecule has 3 aromatic rings. The van der Waals surface area contributed by atoms with E-state index in [1.165, 1.54) is 0 Å². The first-order chi connectivity index (χ1) is 17.1. The number of fused-ring (bicyclic) bond motifs is 1. The van der Waals surface area contributed by atoms with Gasteiger partial charge in [0, 0.05) is 12.2 Å². The number of nitrogens with zero attached hydrogens (tertiary/aromatic N) is 1. The van der Waals surface area contributed by atoms with Crippen molar-refractivity contribution in [1.82, 2.24) is 5.32 Å². The number of rotatable bonds is 9. The van der Waals surface area contributed by atoms with Gasteiger partial charge in [-0.3, -0.25) is 9.59 Å². The molecule has 1 aliphatic heterocycles. The van der Waals surface area contributed by atoms with Gasteiger partial charge in [-0.1, -0.05) is 54.6 Å². The number of ether oxygens (including phenoxy) is 2. The molecule has 35 heavy (non-hydrogen) atoms. The number of carbonyl (C=O) groups excluding carboxylic acids is 2. The third-order valence-electron chi connectivity index (χ3n) is 6.03. The van der Waals surface area contributed by atoms with E-state index < -0.39 is 6.04 Å². The standard InChI is InChI=1S/C29H32N2O4/c1-3-34-25-17-16-21(19-26(25)35-4-2)20-27(32)30-28(23-12-6-5-7-13-23)29(33)31-18-10-14-22-11-8-9-15-24(22)31/h5-9,11-13,15-17,19,28H,3-4,10,14,18,20H2,1-2H3,(H,30,32). The van der Waals surface area contributed by atoms with Gasteiger partial charge in [0.2, 0.25) is 5.91 Å². The molecule has 0 saturated carbocycles. The molecule has 0 fully saturated rings. The zero-order valence-electron chi connectivity index (χ0n) is 20.3. The van der Waals surface area contributed by atoms with E-state index >= 15 is 0 Å². The zero-order valence-corrected chi connectivity index (χ0v) is 20.3. The predicted molar refractivity (Wildman–Crippen MR) is 137 cm³/mol. The van der Waals surface area contributed by atoms with Gasteiger partial charge in [0.05, 0.1) is 19.6 Å². The molecule has 0 spiro atoms. The Hall–Kier alpha value is -3.80. The molecule has 6 heteroatoms. The van der Waals surface area contributed by atoms with E-state index in [4.69, 9.17) is 9.47 Å². The van der Waals surface area contributed by atoms with Crippen LogP contribution in [0, 0.1) is 0 Å². The summed E-state index contributed by atoms with van der Waals surface area (Å²) in [5.74, 6) is 0.905. The monoisotopic (exact) mass is 472 g/mol. The van der Waals surface area contributed by atoms with E-state index in [0.717, 1.165) is 35.2 Å². The van der Waals surface area contributed by atoms with Crippen LogP contribution in [0.2, 0.25) is 0 Å². The Balaban J connectivity index is 1.56. The average molecular weight is 473 g/mol. The summed E-state index contributed by atoms with van der Waals surface area (Å²) >= 11 is 0. The van der Waals surface area contributed by atoms with Crippen molar-refractivity contribution in [3.05, 3.63) is 89.5 Å². The molecule has 1 heterocycles. The molecule has 0 saturated heterocycles. The van der Waals surface area contributed by atoms with Crippen LogP contribution in [0.3, 0.4) is 0 Å². The Labute approximate surface area is 206 Å². The Morgan fingerprint density at radius 1 is 0.914 bits per heavy atom. The quantitative estimate of drug-likeness (QED) is 0.483. The maximum atomic E-state index is 13.8. The molecule has 182 valence electrons. The lowest BCUT2D eigenvalue weighted by Crippen LogP contribution is -2.45. The van der Waals surface area contributed by atoms with Crippen molar-refractivity contribution < 1.29 is 19.1 Å². The van der Waals surface area contributed by atoms with Crippen molar-refractivity contribution in [3.8, 4) is 11.5 Å². The summed E-state index contributed by atoms with van der Waals surface area (Å²) < 4.78 is 11.3. The molecule has 4 rings (SSSR count). The molecule has 6 nitrogen and oxygen atoms in total. The number of amides is 2. The highest BCUT2D eigenvalue weighted by Crippen LogP contribution is 2.31. The number of hydrogen-bond donors (Lipinski definition) is 1. The van der Waals surface area contributed by atoms with Gasteiger partial charge in [-0.25, -0.2) is 0 Å². The highest BCUT2D eigenvalue weighted by Gasteiger charge is 2.31. The molecule has 1 aliphatic rings. The summed E-state index contributed by atoms with van der Waals surface area (Å²) in [5.41, 5.74) is 3.63. The summed E-state index contributed by atoms with van der Waals surface area (Å²) in [7, 11) is 0. The second kappa shape index (κ2) is 11.6. The number of hydrogen-bond acceptors (Lipinski definition) is 4. The molecule has 1 N–H and O–H groups in total. The summed E-state index contributed by atoms with van der Waals surface area (Å²) in [4.78, 5) is 28.7. The lowest BCUT2D eigenvalue weighted by Gasteiger charge is -2.32. The van der Waals surface area contributed by atoms with Crippen LogP contribution in [0.4, 0.5) is 5.69 Å². The third kappa shape index (κ3) is 5.83. The van der Waals surface area contributed by atoms with E-state index in [1.54, 1.807) is 4.90 Å². The second-order valence-corrected chi connectivity index (χ2v) is 8.46. The normalized spacial score (nSPS) is 13.5. The smallest absolute Gasteiger partial charge is 0.254 e. The molecule has 0 aliphatic carbocycles. The number of benzene rings is 3. The fraction of sp³-hybridized carbons (Fsp3) is 0.310. The molecule has 1 unspecified atom stereocenters. The first-order valence-electron chi connectivity index (χ1n) is 12.2. The summed E-state index contributed by atoms with van der Waals surface area (Å²) in [6.07, 6.45) is 1.96. The van der Waals surface area contributed by atoms with Crippen LogP contribution >= 0.6 is 0 Å². The van der Waals surface area contributed by atoms with Gasteiger partial charge in [0.15, 0.2) is 11.5 Å². The molecule has 1 atom stereocenters. The number of nitrogens with one attached hydrogen (secondary N) is 1. The summed E-state index contributed by atoms with van der Waals surface area (Å²) in [6, 6.07) is 22.1. The van der Waals surface area contributed by atoms with Gasteiger partial charge in [-0.15, -0.1) is 0 Å². The highest BCUT2D eigenvalue weighted by atomic mass is 16.5. The minimum absolute atomic E-state index is 0.125. The second-order valence-electron chi connectivity index (χ2n) is 8.46. The molecule has 2 amide bonds. The minimum atomic E-state index is -0.774. The van der Waals surface area contributed by atoms with Crippen molar-refractivity contribution in [2.45, 2.75) is 39.2 Å². The van der Waals surface area contributed by atoms with Gasteiger partial charge in [0.25, 0.3) is 5.91 Å². The van der Waals surface area contributed by atoms with Crippen LogP contribution in [0.15, 0.2) is 72.8 Å². The SMILES string of the molecule is CCOc1ccc(CC(=O)NC(C(=O)N2CCCc3ccccc32)c2ccccc2)cc1OCC. The zero-order chi connectivity index (χ0) is 24.6. The van der Waals surface area contributed by atoms with E-state index in [9.17, 15) is 9.59 Å². The first-order valence-corrected chi connectivity index (χ1v) is 12.2. The third-order valence-corrected chi connectivity index (χ3v) is 6.03. The number of para-hydroxylation sites is 1.